The summed E-state index contributed by atoms with van der Waals surface area (Å²) in [6, 6.07) is 15.2. The summed E-state index contributed by atoms with van der Waals surface area (Å²) in [5.74, 6) is -0.0483. The molecule has 2 aromatic heterocycles. The Bertz CT molecular complexity index is 843. The fourth-order valence-corrected chi connectivity index (χ4v) is 2.60. The summed E-state index contributed by atoms with van der Waals surface area (Å²) in [6.45, 7) is 1.91. The number of pyridine rings is 2. The van der Waals surface area contributed by atoms with Gasteiger partial charge in [0.05, 0.1) is 12.3 Å². The number of carbonyl (C=O) groups is 1. The lowest BCUT2D eigenvalue weighted by Crippen LogP contribution is -2.08. The number of aliphatic hydroxyl groups excluding tert-OH is 1. The first kappa shape index (κ1) is 16.0. The van der Waals surface area contributed by atoms with Crippen molar-refractivity contribution in [2.24, 2.45) is 0 Å². The second kappa shape index (κ2) is 7.15. The first-order valence-electron chi connectivity index (χ1n) is 7.78. The van der Waals surface area contributed by atoms with Gasteiger partial charge in [0.2, 0.25) is 0 Å². The van der Waals surface area contributed by atoms with Crippen molar-refractivity contribution in [3.63, 3.8) is 0 Å². The second-order valence-corrected chi connectivity index (χ2v) is 5.62. The molecule has 3 rings (SSSR count). The second-order valence-electron chi connectivity index (χ2n) is 5.62. The SMILES string of the molecule is Cc1c(CC(=O)c2ccc(CO)cn2)ccnc1-c1ccccc1. The molecule has 0 saturated carbocycles. The molecule has 0 spiro atoms. The number of benzene rings is 1. The van der Waals surface area contributed by atoms with Crippen molar-refractivity contribution in [2.45, 2.75) is 20.0 Å². The third-order valence-electron chi connectivity index (χ3n) is 4.01. The molecule has 0 radical (unpaired) electrons. The highest BCUT2D eigenvalue weighted by atomic mass is 16.3. The molecule has 3 aromatic rings. The third-order valence-corrected chi connectivity index (χ3v) is 4.01. The van der Waals surface area contributed by atoms with Crippen molar-refractivity contribution in [3.8, 4) is 11.3 Å². The van der Waals surface area contributed by atoms with Crippen LogP contribution < -0.4 is 0 Å². The van der Waals surface area contributed by atoms with Crippen LogP contribution in [0.5, 0.6) is 0 Å². The fraction of sp³-hybridized carbons (Fsp3) is 0.150. The molecule has 0 saturated heterocycles. The summed E-state index contributed by atoms with van der Waals surface area (Å²) in [6.07, 6.45) is 3.54. The van der Waals surface area contributed by atoms with Crippen LogP contribution in [0.4, 0.5) is 0 Å². The van der Waals surface area contributed by atoms with Crippen molar-refractivity contribution < 1.29 is 9.90 Å². The molecular formula is C20H18N2O2. The van der Waals surface area contributed by atoms with Crippen molar-refractivity contribution in [1.82, 2.24) is 9.97 Å². The molecule has 0 bridgehead atoms. The van der Waals surface area contributed by atoms with Crippen molar-refractivity contribution in [2.75, 3.05) is 0 Å². The Morgan fingerprint density at radius 1 is 1.04 bits per heavy atom. The number of aliphatic hydroxyl groups is 1. The zero-order chi connectivity index (χ0) is 16.9. The van der Waals surface area contributed by atoms with Crippen LogP contribution in [-0.2, 0) is 13.0 Å². The Balaban J connectivity index is 1.86. The molecule has 0 aliphatic carbocycles. The average molecular weight is 318 g/mol. The zero-order valence-corrected chi connectivity index (χ0v) is 13.4. The first-order chi connectivity index (χ1) is 11.7. The van der Waals surface area contributed by atoms with Gasteiger partial charge in [-0.1, -0.05) is 36.4 Å². The largest absolute Gasteiger partial charge is 0.392 e. The lowest BCUT2D eigenvalue weighted by atomic mass is 9.98. The highest BCUT2D eigenvalue weighted by Gasteiger charge is 2.13. The van der Waals surface area contributed by atoms with Gasteiger partial charge in [-0.2, -0.15) is 0 Å². The molecule has 0 fully saturated rings. The molecule has 4 nitrogen and oxygen atoms in total. The fourth-order valence-electron chi connectivity index (χ4n) is 2.60. The van der Waals surface area contributed by atoms with Gasteiger partial charge < -0.3 is 5.11 Å². The first-order valence-corrected chi connectivity index (χ1v) is 7.78. The molecule has 0 aliphatic rings. The Morgan fingerprint density at radius 3 is 2.50 bits per heavy atom. The van der Waals surface area contributed by atoms with Crippen LogP contribution in [-0.4, -0.2) is 20.9 Å². The number of hydrogen-bond acceptors (Lipinski definition) is 4. The number of carbonyl (C=O) groups excluding carboxylic acids is 1. The van der Waals surface area contributed by atoms with Crippen LogP contribution >= 0.6 is 0 Å². The van der Waals surface area contributed by atoms with Gasteiger partial charge in [0.15, 0.2) is 5.78 Å². The summed E-state index contributed by atoms with van der Waals surface area (Å²) in [7, 11) is 0. The topological polar surface area (TPSA) is 63.1 Å². The lowest BCUT2D eigenvalue weighted by molar-refractivity contribution is 0.0988. The highest BCUT2D eigenvalue weighted by Crippen LogP contribution is 2.23. The molecule has 1 N–H and O–H groups in total. The van der Waals surface area contributed by atoms with Crippen LogP contribution in [0.3, 0.4) is 0 Å². The highest BCUT2D eigenvalue weighted by molar-refractivity contribution is 5.96. The van der Waals surface area contributed by atoms with E-state index in [1.807, 2.05) is 43.3 Å². The third kappa shape index (κ3) is 3.39. The standard InChI is InChI=1S/C20H18N2O2/c1-14-17(9-10-21-20(14)16-5-3-2-4-6-16)11-19(24)18-8-7-15(13-23)12-22-18/h2-10,12,23H,11,13H2,1H3. The molecule has 120 valence electrons. The van der Waals surface area contributed by atoms with E-state index in [0.29, 0.717) is 11.3 Å². The van der Waals surface area contributed by atoms with Gasteiger partial charge in [0, 0.05) is 24.4 Å². The number of hydrogen-bond donors (Lipinski definition) is 1. The van der Waals surface area contributed by atoms with Crippen molar-refractivity contribution in [1.29, 1.82) is 0 Å². The maximum Gasteiger partial charge on any atom is 0.185 e. The molecule has 0 amide bonds. The van der Waals surface area contributed by atoms with E-state index in [4.69, 9.17) is 5.11 Å². The van der Waals surface area contributed by atoms with Crippen LogP contribution in [0.15, 0.2) is 60.9 Å². The van der Waals surface area contributed by atoms with Gasteiger partial charge in [-0.05, 0) is 35.7 Å². The number of ketones is 1. The van der Waals surface area contributed by atoms with Gasteiger partial charge in [-0.3, -0.25) is 14.8 Å². The van der Waals surface area contributed by atoms with E-state index in [9.17, 15) is 4.79 Å². The smallest absolute Gasteiger partial charge is 0.185 e. The van der Waals surface area contributed by atoms with E-state index >= 15 is 0 Å². The Kier molecular flexibility index (Phi) is 4.77. The summed E-state index contributed by atoms with van der Waals surface area (Å²) in [5.41, 5.74) is 4.98. The minimum Gasteiger partial charge on any atom is -0.392 e. The predicted molar refractivity (Wildman–Crippen MR) is 92.6 cm³/mol. The lowest BCUT2D eigenvalue weighted by Gasteiger charge is -2.10. The minimum atomic E-state index is -0.0780. The van der Waals surface area contributed by atoms with Gasteiger partial charge in [0.25, 0.3) is 0 Å². The zero-order valence-electron chi connectivity index (χ0n) is 13.4. The van der Waals surface area contributed by atoms with E-state index in [1.54, 1.807) is 18.3 Å². The van der Waals surface area contributed by atoms with E-state index in [1.165, 1.54) is 6.20 Å². The molecular weight excluding hydrogens is 300 g/mol. The molecule has 1 aromatic carbocycles. The monoisotopic (exact) mass is 318 g/mol. The van der Waals surface area contributed by atoms with Crippen molar-refractivity contribution >= 4 is 5.78 Å². The van der Waals surface area contributed by atoms with Crippen LogP contribution in [0.2, 0.25) is 0 Å². The number of aromatic nitrogens is 2. The summed E-state index contributed by atoms with van der Waals surface area (Å²) in [5, 5.41) is 9.05. The molecule has 2 heterocycles. The number of nitrogens with zero attached hydrogens (tertiary/aromatic N) is 2. The van der Waals surface area contributed by atoms with Crippen LogP contribution in [0.25, 0.3) is 11.3 Å². The quantitative estimate of drug-likeness (QED) is 0.733. The Hall–Kier alpha value is -2.85. The maximum atomic E-state index is 12.5. The summed E-state index contributed by atoms with van der Waals surface area (Å²) < 4.78 is 0. The van der Waals surface area contributed by atoms with E-state index in [0.717, 1.165) is 22.4 Å². The van der Waals surface area contributed by atoms with Crippen LogP contribution in [0, 0.1) is 6.92 Å². The molecule has 0 atom stereocenters. The van der Waals surface area contributed by atoms with E-state index < -0.39 is 0 Å². The molecule has 0 aliphatic heterocycles. The maximum absolute atomic E-state index is 12.5. The minimum absolute atomic E-state index is 0.0483. The molecule has 0 unspecified atom stereocenters. The van der Waals surface area contributed by atoms with Gasteiger partial charge >= 0.3 is 0 Å². The van der Waals surface area contributed by atoms with Gasteiger partial charge in [-0.15, -0.1) is 0 Å². The molecule has 24 heavy (non-hydrogen) atoms. The number of Topliss-reactive ketones (excluding diaryl/α,β-unsaturated/α-hetero) is 1. The Morgan fingerprint density at radius 2 is 1.83 bits per heavy atom. The van der Waals surface area contributed by atoms with Crippen molar-refractivity contribution in [3.05, 3.63) is 83.3 Å². The van der Waals surface area contributed by atoms with Gasteiger partial charge in [-0.25, -0.2) is 0 Å². The van der Waals surface area contributed by atoms with Crippen LogP contribution in [0.1, 0.15) is 27.2 Å². The number of rotatable bonds is 5. The summed E-state index contributed by atoms with van der Waals surface area (Å²) in [4.78, 5) is 21.1. The van der Waals surface area contributed by atoms with E-state index in [2.05, 4.69) is 9.97 Å². The van der Waals surface area contributed by atoms with E-state index in [-0.39, 0.29) is 18.8 Å². The normalized spacial score (nSPS) is 10.6. The molecule has 4 heteroatoms. The van der Waals surface area contributed by atoms with Gasteiger partial charge in [0.1, 0.15) is 5.69 Å². The average Bonchev–Trinajstić information content (AvgIpc) is 2.64. The Labute approximate surface area is 140 Å². The predicted octanol–water partition coefficient (Wildman–Crippen LogP) is 3.37. The summed E-state index contributed by atoms with van der Waals surface area (Å²) >= 11 is 0.